The van der Waals surface area contributed by atoms with Crippen molar-refractivity contribution in [2.24, 2.45) is 5.92 Å². The second kappa shape index (κ2) is 10.4. The summed E-state index contributed by atoms with van der Waals surface area (Å²) in [6.45, 7) is 5.25. The Kier molecular flexibility index (Phi) is 7.66. The maximum atomic E-state index is 12.7. The predicted octanol–water partition coefficient (Wildman–Crippen LogP) is 4.20. The summed E-state index contributed by atoms with van der Waals surface area (Å²) < 4.78 is 0. The van der Waals surface area contributed by atoms with E-state index >= 15 is 0 Å². The summed E-state index contributed by atoms with van der Waals surface area (Å²) in [6.07, 6.45) is 0. The molecule has 10 heteroatoms. The first kappa shape index (κ1) is 23.5. The van der Waals surface area contributed by atoms with Crippen LogP contribution in [-0.2, 0) is 9.59 Å². The SMILES string of the molecule is CC(C)C(=O)Nc1ccccc1-c1nnc(S[C@@H](C)C(=O)Nc2cccc(Cl)c2)[nH]c1=O. The fraction of sp³-hybridized carbons (Fsp3) is 0.227. The zero-order valence-electron chi connectivity index (χ0n) is 17.7. The fourth-order valence-electron chi connectivity index (χ4n) is 2.66. The predicted molar refractivity (Wildman–Crippen MR) is 127 cm³/mol. The highest BCUT2D eigenvalue weighted by molar-refractivity contribution is 8.00. The Balaban J connectivity index is 1.75. The van der Waals surface area contributed by atoms with Crippen LogP contribution >= 0.6 is 23.4 Å². The average Bonchev–Trinajstić information content (AvgIpc) is 2.74. The van der Waals surface area contributed by atoms with Gasteiger partial charge < -0.3 is 10.6 Å². The van der Waals surface area contributed by atoms with E-state index in [1.54, 1.807) is 69.3 Å². The van der Waals surface area contributed by atoms with Crippen LogP contribution in [0.15, 0.2) is 58.5 Å². The van der Waals surface area contributed by atoms with Gasteiger partial charge in [-0.05, 0) is 31.2 Å². The van der Waals surface area contributed by atoms with Crippen LogP contribution in [0.3, 0.4) is 0 Å². The summed E-state index contributed by atoms with van der Waals surface area (Å²) in [5.41, 5.74) is 1.10. The minimum Gasteiger partial charge on any atom is -0.325 e. The molecule has 3 N–H and O–H groups in total. The molecule has 0 saturated heterocycles. The molecule has 2 amide bonds. The van der Waals surface area contributed by atoms with E-state index in [0.29, 0.717) is 22.0 Å². The molecule has 0 aliphatic rings. The summed E-state index contributed by atoms with van der Waals surface area (Å²) >= 11 is 7.00. The largest absolute Gasteiger partial charge is 0.325 e. The Morgan fingerprint density at radius 1 is 1.00 bits per heavy atom. The molecule has 8 nitrogen and oxygen atoms in total. The highest BCUT2D eigenvalue weighted by Gasteiger charge is 2.19. The molecule has 0 saturated carbocycles. The van der Waals surface area contributed by atoms with Crippen molar-refractivity contribution in [3.63, 3.8) is 0 Å². The van der Waals surface area contributed by atoms with Crippen LogP contribution in [0.1, 0.15) is 20.8 Å². The first-order valence-corrected chi connectivity index (χ1v) is 11.1. The first-order chi connectivity index (χ1) is 15.2. The van der Waals surface area contributed by atoms with E-state index in [4.69, 9.17) is 11.6 Å². The Morgan fingerprint density at radius 3 is 2.44 bits per heavy atom. The van der Waals surface area contributed by atoms with Gasteiger partial charge in [0.1, 0.15) is 0 Å². The highest BCUT2D eigenvalue weighted by Crippen LogP contribution is 2.25. The lowest BCUT2D eigenvalue weighted by Gasteiger charge is -2.13. The smallest absolute Gasteiger partial charge is 0.278 e. The third kappa shape index (κ3) is 5.95. The third-order valence-corrected chi connectivity index (χ3v) is 5.60. The van der Waals surface area contributed by atoms with Gasteiger partial charge in [0.05, 0.1) is 10.9 Å². The minimum atomic E-state index is -0.553. The normalized spacial score (nSPS) is 11.8. The lowest BCUT2D eigenvalue weighted by molar-refractivity contribution is -0.119. The van der Waals surface area contributed by atoms with Gasteiger partial charge >= 0.3 is 0 Å². The average molecular weight is 472 g/mol. The standard InChI is InChI=1S/C22H22ClN5O3S/c1-12(2)19(29)25-17-10-5-4-9-16(17)18-21(31)26-22(28-27-18)32-13(3)20(30)24-15-8-6-7-14(23)11-15/h4-13H,1-3H3,(H,24,30)(H,25,29)(H,26,28,31)/t13-/m0/s1. The molecular weight excluding hydrogens is 450 g/mol. The molecule has 3 aromatic rings. The lowest BCUT2D eigenvalue weighted by atomic mass is 10.1. The Bertz CT molecular complexity index is 1200. The minimum absolute atomic E-state index is 0.0741. The Labute approximate surface area is 194 Å². The van der Waals surface area contributed by atoms with E-state index in [-0.39, 0.29) is 28.6 Å². The van der Waals surface area contributed by atoms with Gasteiger partial charge in [-0.2, -0.15) is 0 Å². The van der Waals surface area contributed by atoms with Gasteiger partial charge in [-0.15, -0.1) is 10.2 Å². The quantitative estimate of drug-likeness (QED) is 0.444. The van der Waals surface area contributed by atoms with Crippen molar-refractivity contribution in [2.75, 3.05) is 10.6 Å². The van der Waals surface area contributed by atoms with Crippen molar-refractivity contribution in [3.8, 4) is 11.3 Å². The summed E-state index contributed by atoms with van der Waals surface area (Å²) in [6, 6.07) is 13.7. The maximum Gasteiger partial charge on any atom is 0.278 e. The number of nitrogens with zero attached hydrogens (tertiary/aromatic N) is 2. The Morgan fingerprint density at radius 2 is 1.75 bits per heavy atom. The number of anilines is 2. The molecule has 0 aliphatic heterocycles. The number of hydrogen-bond donors (Lipinski definition) is 3. The van der Waals surface area contributed by atoms with Gasteiger partial charge in [0.15, 0.2) is 10.9 Å². The number of hydrogen-bond acceptors (Lipinski definition) is 6. The molecule has 1 heterocycles. The van der Waals surface area contributed by atoms with E-state index in [1.807, 2.05) is 0 Å². The van der Waals surface area contributed by atoms with Gasteiger partial charge in [0.2, 0.25) is 11.8 Å². The van der Waals surface area contributed by atoms with Crippen molar-refractivity contribution in [3.05, 3.63) is 63.9 Å². The molecule has 1 atom stereocenters. The van der Waals surface area contributed by atoms with Crippen LogP contribution in [0.25, 0.3) is 11.3 Å². The van der Waals surface area contributed by atoms with Gasteiger partial charge in [-0.25, -0.2) is 0 Å². The van der Waals surface area contributed by atoms with E-state index in [1.165, 1.54) is 0 Å². The molecule has 0 unspecified atom stereocenters. The van der Waals surface area contributed by atoms with Gasteiger partial charge in [-0.3, -0.25) is 19.4 Å². The number of amides is 2. The van der Waals surface area contributed by atoms with Crippen LogP contribution in [0.2, 0.25) is 5.02 Å². The van der Waals surface area contributed by atoms with E-state index in [2.05, 4.69) is 25.8 Å². The number of rotatable bonds is 7. The van der Waals surface area contributed by atoms with Crippen LogP contribution in [-0.4, -0.2) is 32.2 Å². The molecule has 2 aromatic carbocycles. The number of benzene rings is 2. The molecule has 3 rings (SSSR count). The Hall–Kier alpha value is -3.17. The number of H-pyrrole nitrogens is 1. The second-order valence-corrected chi connectivity index (χ2v) is 9.02. The number of halogens is 1. The third-order valence-electron chi connectivity index (χ3n) is 4.39. The molecule has 0 radical (unpaired) electrons. The molecule has 166 valence electrons. The van der Waals surface area contributed by atoms with E-state index < -0.39 is 10.8 Å². The highest BCUT2D eigenvalue weighted by atomic mass is 35.5. The number of carbonyl (C=O) groups excluding carboxylic acids is 2. The fourth-order valence-corrected chi connectivity index (χ4v) is 3.59. The van der Waals surface area contributed by atoms with Crippen molar-refractivity contribution in [1.82, 2.24) is 15.2 Å². The molecule has 0 aliphatic carbocycles. The summed E-state index contributed by atoms with van der Waals surface area (Å²) in [5, 5.41) is 13.8. The van der Waals surface area contributed by atoms with Crippen molar-refractivity contribution >= 4 is 46.6 Å². The van der Waals surface area contributed by atoms with Crippen molar-refractivity contribution < 1.29 is 9.59 Å². The number of thioether (sulfide) groups is 1. The molecule has 0 bridgehead atoms. The van der Waals surface area contributed by atoms with Crippen LogP contribution < -0.4 is 16.2 Å². The number of para-hydroxylation sites is 1. The van der Waals surface area contributed by atoms with Crippen LogP contribution in [0, 0.1) is 5.92 Å². The number of carbonyl (C=O) groups is 2. The van der Waals surface area contributed by atoms with E-state index in [9.17, 15) is 14.4 Å². The lowest BCUT2D eigenvalue weighted by Crippen LogP contribution is -2.24. The van der Waals surface area contributed by atoms with Gasteiger partial charge in [-0.1, -0.05) is 61.5 Å². The second-order valence-electron chi connectivity index (χ2n) is 7.26. The molecular formula is C22H22ClN5O3S. The number of aromatic nitrogens is 3. The topological polar surface area (TPSA) is 117 Å². The van der Waals surface area contributed by atoms with E-state index in [0.717, 1.165) is 11.8 Å². The number of aromatic amines is 1. The molecule has 0 spiro atoms. The summed E-state index contributed by atoms with van der Waals surface area (Å²) in [7, 11) is 0. The maximum absolute atomic E-state index is 12.7. The monoisotopic (exact) mass is 471 g/mol. The van der Waals surface area contributed by atoms with Gasteiger partial charge in [0, 0.05) is 22.2 Å². The number of nitrogens with one attached hydrogen (secondary N) is 3. The summed E-state index contributed by atoms with van der Waals surface area (Å²) in [4.78, 5) is 39.9. The van der Waals surface area contributed by atoms with Crippen molar-refractivity contribution in [1.29, 1.82) is 0 Å². The first-order valence-electron chi connectivity index (χ1n) is 9.85. The van der Waals surface area contributed by atoms with Gasteiger partial charge in [0.25, 0.3) is 5.56 Å². The molecule has 32 heavy (non-hydrogen) atoms. The summed E-state index contributed by atoms with van der Waals surface area (Å²) in [5.74, 6) is -0.662. The molecule has 0 fully saturated rings. The van der Waals surface area contributed by atoms with Crippen LogP contribution in [0.5, 0.6) is 0 Å². The zero-order chi connectivity index (χ0) is 23.3. The van der Waals surface area contributed by atoms with Crippen LogP contribution in [0.4, 0.5) is 11.4 Å². The molecule has 1 aromatic heterocycles. The zero-order valence-corrected chi connectivity index (χ0v) is 19.3. The van der Waals surface area contributed by atoms with Crippen molar-refractivity contribution in [2.45, 2.75) is 31.2 Å².